The second kappa shape index (κ2) is 9.03. The molecule has 4 aliphatic carbocycles. The molecule has 0 aromatic carbocycles. The highest BCUT2D eigenvalue weighted by Gasteiger charge is 2.74. The first-order chi connectivity index (χ1) is 17.7. The van der Waals surface area contributed by atoms with Crippen LogP contribution in [0, 0.1) is 39.4 Å². The van der Waals surface area contributed by atoms with Gasteiger partial charge < -0.3 is 25.5 Å². The van der Waals surface area contributed by atoms with Crippen LogP contribution in [0.4, 0.5) is 0 Å². The minimum Gasteiger partial charge on any atom is -0.481 e. The molecule has 4 aliphatic rings. The minimum absolute atomic E-state index is 0.208. The fourth-order valence-corrected chi connectivity index (χ4v) is 9.16. The first-order valence-electron chi connectivity index (χ1n) is 14.0. The van der Waals surface area contributed by atoms with Crippen LogP contribution in [-0.2, 0) is 19.2 Å². The van der Waals surface area contributed by atoms with Gasteiger partial charge in [-0.05, 0) is 55.4 Å². The van der Waals surface area contributed by atoms with E-state index in [9.17, 15) is 44.7 Å². The van der Waals surface area contributed by atoms with Gasteiger partial charge in [-0.3, -0.25) is 19.2 Å². The molecule has 0 spiro atoms. The molecule has 10 atom stereocenters. The lowest BCUT2D eigenvalue weighted by molar-refractivity contribution is -0.169. The Morgan fingerprint density at radius 1 is 1.08 bits per heavy atom. The van der Waals surface area contributed by atoms with Crippen molar-refractivity contribution in [2.24, 2.45) is 39.4 Å². The van der Waals surface area contributed by atoms with Gasteiger partial charge in [-0.1, -0.05) is 34.6 Å². The largest absolute Gasteiger partial charge is 0.481 e. The molecule has 0 heterocycles. The highest BCUT2D eigenvalue weighted by molar-refractivity contribution is 6.08. The number of hydrogen-bond donors (Lipinski definition) is 5. The maximum Gasteiger partial charge on any atom is 0.306 e. The minimum atomic E-state index is -1.82. The molecule has 0 amide bonds. The Morgan fingerprint density at radius 3 is 2.23 bits per heavy atom. The number of carbonyl (C=O) groups is 4. The number of Topliss-reactive ketones (excluding diaryl/α,β-unsaturated/α-hetero) is 3. The van der Waals surface area contributed by atoms with E-state index < -0.39 is 81.4 Å². The summed E-state index contributed by atoms with van der Waals surface area (Å²) in [4.78, 5) is 52.1. The number of carboxylic acids is 1. The number of rotatable bonds is 6. The van der Waals surface area contributed by atoms with Gasteiger partial charge in [0.15, 0.2) is 5.78 Å². The summed E-state index contributed by atoms with van der Waals surface area (Å²) in [6.45, 7) is 11.8. The van der Waals surface area contributed by atoms with Crippen molar-refractivity contribution in [2.45, 2.75) is 111 Å². The lowest BCUT2D eigenvalue weighted by Crippen LogP contribution is -2.66. The highest BCUT2D eigenvalue weighted by atomic mass is 16.4. The van der Waals surface area contributed by atoms with Crippen LogP contribution in [0.5, 0.6) is 0 Å². The van der Waals surface area contributed by atoms with Crippen molar-refractivity contribution in [1.82, 2.24) is 0 Å². The van der Waals surface area contributed by atoms with Crippen LogP contribution < -0.4 is 0 Å². The zero-order chi connectivity index (χ0) is 29.7. The topological polar surface area (TPSA) is 169 Å². The number of ketones is 3. The normalized spacial score (nSPS) is 43.7. The molecule has 4 rings (SSSR count). The van der Waals surface area contributed by atoms with Gasteiger partial charge in [-0.15, -0.1) is 0 Å². The number of aliphatic hydroxyl groups excluding tert-OH is 3. The Labute approximate surface area is 229 Å². The molecule has 9 heteroatoms. The molecular weight excluding hydrogens is 504 g/mol. The maximum atomic E-state index is 14.2. The van der Waals surface area contributed by atoms with E-state index in [2.05, 4.69) is 0 Å². The van der Waals surface area contributed by atoms with Gasteiger partial charge in [-0.2, -0.15) is 0 Å². The lowest BCUT2D eigenvalue weighted by Gasteiger charge is -2.62. The first kappa shape index (κ1) is 30.0. The smallest absolute Gasteiger partial charge is 0.306 e. The number of aliphatic carboxylic acids is 1. The standard InChI is InChI=1S/C30H44O9/c1-14(25(37)38)10-15(31)13-28(5,39)18-12-20(34)30(7)21-16(32)11-17-26(2,3)19(33)8-9-27(17,4)22(21)23(35)24(36)29(18,30)6/h14,16-19,24,32-33,36,39H,8-13H2,1-7H3,(H,37,38)/t14?,16-,17?,18?,19-,24+,27?,28?,29?,30-/m0/s1. The maximum absolute atomic E-state index is 14.2. The first-order valence-corrected chi connectivity index (χ1v) is 14.0. The summed E-state index contributed by atoms with van der Waals surface area (Å²) >= 11 is 0. The average molecular weight is 549 g/mol. The summed E-state index contributed by atoms with van der Waals surface area (Å²) in [5, 5.41) is 54.9. The van der Waals surface area contributed by atoms with E-state index >= 15 is 0 Å². The van der Waals surface area contributed by atoms with E-state index in [0.717, 1.165) is 0 Å². The Balaban J connectivity index is 1.83. The monoisotopic (exact) mass is 548 g/mol. The van der Waals surface area contributed by atoms with Gasteiger partial charge in [-0.25, -0.2) is 0 Å². The van der Waals surface area contributed by atoms with Gasteiger partial charge in [0.2, 0.25) is 0 Å². The molecule has 0 radical (unpaired) electrons. The molecule has 0 saturated heterocycles. The molecule has 0 aliphatic heterocycles. The van der Waals surface area contributed by atoms with E-state index in [-0.39, 0.29) is 36.5 Å². The van der Waals surface area contributed by atoms with Crippen molar-refractivity contribution in [2.75, 3.05) is 0 Å². The molecule has 5 N–H and O–H groups in total. The molecule has 9 nitrogen and oxygen atoms in total. The fraction of sp³-hybridized carbons (Fsp3) is 0.800. The van der Waals surface area contributed by atoms with E-state index in [4.69, 9.17) is 0 Å². The van der Waals surface area contributed by atoms with Gasteiger partial charge in [0.1, 0.15) is 17.7 Å². The van der Waals surface area contributed by atoms with Crippen LogP contribution in [0.15, 0.2) is 11.1 Å². The predicted molar refractivity (Wildman–Crippen MR) is 140 cm³/mol. The number of fused-ring (bicyclic) bond motifs is 4. The number of hydrogen-bond acceptors (Lipinski definition) is 8. The second-order valence-corrected chi connectivity index (χ2v) is 14.3. The molecule has 2 saturated carbocycles. The van der Waals surface area contributed by atoms with E-state index in [0.29, 0.717) is 18.4 Å². The number of carbonyl (C=O) groups excluding carboxylic acids is 3. The molecule has 218 valence electrons. The van der Waals surface area contributed by atoms with Gasteiger partial charge in [0, 0.05) is 36.2 Å². The number of carboxylic acid groups (broad SMARTS) is 1. The quantitative estimate of drug-likeness (QED) is 0.334. The zero-order valence-electron chi connectivity index (χ0n) is 24.1. The van der Waals surface area contributed by atoms with Crippen LogP contribution in [0.1, 0.15) is 87.0 Å². The van der Waals surface area contributed by atoms with Gasteiger partial charge >= 0.3 is 5.97 Å². The van der Waals surface area contributed by atoms with E-state index in [1.165, 1.54) is 13.8 Å². The number of aliphatic hydroxyl groups is 4. The van der Waals surface area contributed by atoms with Crippen molar-refractivity contribution in [3.8, 4) is 0 Å². The predicted octanol–water partition coefficient (Wildman–Crippen LogP) is 2.22. The van der Waals surface area contributed by atoms with E-state index in [1.54, 1.807) is 13.8 Å². The molecule has 0 aromatic rings. The van der Waals surface area contributed by atoms with Crippen LogP contribution in [0.25, 0.3) is 0 Å². The summed E-state index contributed by atoms with van der Waals surface area (Å²) in [7, 11) is 0. The van der Waals surface area contributed by atoms with Crippen molar-refractivity contribution >= 4 is 23.3 Å². The van der Waals surface area contributed by atoms with Crippen molar-refractivity contribution < 1.29 is 44.7 Å². The Kier molecular flexibility index (Phi) is 6.95. The molecule has 6 unspecified atom stereocenters. The van der Waals surface area contributed by atoms with Crippen molar-refractivity contribution in [3.63, 3.8) is 0 Å². The molecule has 39 heavy (non-hydrogen) atoms. The van der Waals surface area contributed by atoms with Crippen LogP contribution >= 0.6 is 0 Å². The lowest BCUT2D eigenvalue weighted by atomic mass is 9.41. The Hall–Kier alpha value is -1.94. The summed E-state index contributed by atoms with van der Waals surface area (Å²) in [6, 6.07) is 0. The molecule has 2 fully saturated rings. The molecular formula is C30H44O9. The highest BCUT2D eigenvalue weighted by Crippen LogP contribution is 2.71. The van der Waals surface area contributed by atoms with Crippen LogP contribution in [0.2, 0.25) is 0 Å². The van der Waals surface area contributed by atoms with Gasteiger partial charge in [0.05, 0.1) is 29.1 Å². The Bertz CT molecular complexity index is 1150. The summed E-state index contributed by atoms with van der Waals surface area (Å²) < 4.78 is 0. The summed E-state index contributed by atoms with van der Waals surface area (Å²) in [5.74, 6) is -4.74. The molecule has 0 aromatic heterocycles. The van der Waals surface area contributed by atoms with E-state index in [1.807, 2.05) is 20.8 Å². The summed E-state index contributed by atoms with van der Waals surface area (Å²) in [5.41, 5.74) is -5.62. The average Bonchev–Trinajstić information content (AvgIpc) is 3.04. The van der Waals surface area contributed by atoms with Crippen LogP contribution in [0.3, 0.4) is 0 Å². The van der Waals surface area contributed by atoms with Gasteiger partial charge in [0.25, 0.3) is 0 Å². The molecule has 0 bridgehead atoms. The third-order valence-electron chi connectivity index (χ3n) is 11.7. The third-order valence-corrected chi connectivity index (χ3v) is 11.7. The fourth-order valence-electron chi connectivity index (χ4n) is 9.16. The SMILES string of the molecule is CC(CC(=O)CC(C)(O)C1CC(=O)[C@@]2(C)C3=C(C(=O)[C@@H](O)C12C)C1(C)CC[C@H](O)C(C)(C)C1C[C@@H]3O)C(=O)O. The summed E-state index contributed by atoms with van der Waals surface area (Å²) in [6.07, 6.45) is -3.25. The zero-order valence-corrected chi connectivity index (χ0v) is 24.1. The Morgan fingerprint density at radius 2 is 1.67 bits per heavy atom. The van der Waals surface area contributed by atoms with Crippen LogP contribution in [-0.4, -0.2) is 72.8 Å². The van der Waals surface area contributed by atoms with Crippen molar-refractivity contribution in [3.05, 3.63) is 11.1 Å². The van der Waals surface area contributed by atoms with Crippen molar-refractivity contribution in [1.29, 1.82) is 0 Å². The third kappa shape index (κ3) is 3.86. The second-order valence-electron chi connectivity index (χ2n) is 14.3.